The molecule has 5 heteroatoms. The SMILES string of the molecule is c1ccc(-n2c3ccccc3c3cc(-c4ccc5c(c4)c4ccccc4n5-c4nnc5c6ccccc6c6ccccc6c5n4)ccc32)cc1. The van der Waals surface area contributed by atoms with Gasteiger partial charge in [0.15, 0.2) is 0 Å². The van der Waals surface area contributed by atoms with Crippen molar-refractivity contribution in [2.45, 2.75) is 0 Å². The molecule has 0 fully saturated rings. The Kier molecular flexibility index (Phi) is 5.60. The Morgan fingerprint density at radius 2 is 0.780 bits per heavy atom. The van der Waals surface area contributed by atoms with Gasteiger partial charge in [0.1, 0.15) is 11.0 Å². The first-order chi connectivity index (χ1) is 24.8. The minimum atomic E-state index is 0.562. The van der Waals surface area contributed by atoms with Crippen molar-refractivity contribution in [1.29, 1.82) is 0 Å². The minimum absolute atomic E-state index is 0.562. The average Bonchev–Trinajstić information content (AvgIpc) is 3.70. The quantitative estimate of drug-likeness (QED) is 0.181. The summed E-state index contributed by atoms with van der Waals surface area (Å²) in [6, 6.07) is 58.2. The number of benzene rings is 8. The third-order valence-electron chi connectivity index (χ3n) is 10.2. The largest absolute Gasteiger partial charge is 0.309 e. The predicted octanol–water partition coefficient (Wildman–Crippen LogP) is 11.2. The molecule has 0 saturated carbocycles. The highest BCUT2D eigenvalue weighted by Crippen LogP contribution is 2.39. The van der Waals surface area contributed by atoms with Crippen molar-refractivity contribution in [2.24, 2.45) is 0 Å². The van der Waals surface area contributed by atoms with Crippen LogP contribution in [-0.4, -0.2) is 24.3 Å². The highest BCUT2D eigenvalue weighted by atomic mass is 15.3. The molecule has 11 aromatic rings. The van der Waals surface area contributed by atoms with E-state index >= 15 is 0 Å². The van der Waals surface area contributed by atoms with Gasteiger partial charge in [0.25, 0.3) is 5.95 Å². The van der Waals surface area contributed by atoms with Crippen LogP contribution in [0.15, 0.2) is 164 Å². The summed E-state index contributed by atoms with van der Waals surface area (Å²) in [7, 11) is 0. The second-order valence-corrected chi connectivity index (χ2v) is 12.9. The number of fused-ring (bicyclic) bond motifs is 12. The highest BCUT2D eigenvalue weighted by molar-refractivity contribution is 6.23. The van der Waals surface area contributed by atoms with E-state index in [2.05, 4.69) is 173 Å². The number of rotatable bonds is 3. The van der Waals surface area contributed by atoms with Gasteiger partial charge in [-0.05, 0) is 70.4 Å². The Morgan fingerprint density at radius 1 is 0.320 bits per heavy atom. The Labute approximate surface area is 286 Å². The van der Waals surface area contributed by atoms with Crippen LogP contribution in [0.5, 0.6) is 0 Å². The van der Waals surface area contributed by atoms with E-state index in [1.54, 1.807) is 0 Å². The van der Waals surface area contributed by atoms with Crippen molar-refractivity contribution in [2.75, 3.05) is 0 Å². The fraction of sp³-hybridized carbons (Fsp3) is 0. The monoisotopic (exact) mass is 637 g/mol. The van der Waals surface area contributed by atoms with Gasteiger partial charge in [-0.15, -0.1) is 10.2 Å². The third-order valence-corrected chi connectivity index (χ3v) is 10.2. The standard InChI is InChI=1S/C45H27N5/c1-2-12-30(13-3-1)49-39-20-10-8-16-33(39)37-26-28(22-24-41(37)49)29-23-25-42-38(27-29)34-17-9-11-21-40(34)50(42)45-46-43-35-18-6-4-14-31(35)32-15-5-7-19-36(32)44(43)47-48-45/h1-27H. The Hall–Kier alpha value is -6.85. The topological polar surface area (TPSA) is 48.5 Å². The van der Waals surface area contributed by atoms with Gasteiger partial charge in [-0.25, -0.2) is 4.98 Å². The third kappa shape index (κ3) is 3.80. The van der Waals surface area contributed by atoms with Crippen LogP contribution in [0.4, 0.5) is 0 Å². The fourth-order valence-electron chi connectivity index (χ4n) is 8.01. The molecule has 5 nitrogen and oxygen atoms in total. The highest BCUT2D eigenvalue weighted by Gasteiger charge is 2.19. The van der Waals surface area contributed by atoms with Gasteiger partial charge in [0.05, 0.1) is 22.1 Å². The molecular weight excluding hydrogens is 611 g/mol. The van der Waals surface area contributed by atoms with E-state index in [4.69, 9.17) is 15.2 Å². The smallest absolute Gasteiger partial charge is 0.255 e. The summed E-state index contributed by atoms with van der Waals surface area (Å²) in [5.41, 5.74) is 9.66. The molecule has 0 aliphatic carbocycles. The van der Waals surface area contributed by atoms with Crippen molar-refractivity contribution >= 4 is 76.2 Å². The van der Waals surface area contributed by atoms with Crippen LogP contribution < -0.4 is 0 Å². The molecule has 3 heterocycles. The van der Waals surface area contributed by atoms with Gasteiger partial charge in [-0.2, -0.15) is 0 Å². The van der Waals surface area contributed by atoms with Gasteiger partial charge in [-0.1, -0.05) is 115 Å². The second-order valence-electron chi connectivity index (χ2n) is 12.9. The van der Waals surface area contributed by atoms with Crippen LogP contribution >= 0.6 is 0 Å². The lowest BCUT2D eigenvalue weighted by molar-refractivity contribution is 0.926. The van der Waals surface area contributed by atoms with Crippen LogP contribution in [0, 0.1) is 0 Å². The average molecular weight is 638 g/mol. The van der Waals surface area contributed by atoms with Crippen LogP contribution in [0.2, 0.25) is 0 Å². The lowest BCUT2D eigenvalue weighted by Gasteiger charge is -2.11. The summed E-state index contributed by atoms with van der Waals surface area (Å²) >= 11 is 0. The molecule has 232 valence electrons. The number of hydrogen-bond donors (Lipinski definition) is 0. The summed E-state index contributed by atoms with van der Waals surface area (Å²) in [4.78, 5) is 5.25. The van der Waals surface area contributed by atoms with Crippen molar-refractivity contribution in [3.05, 3.63) is 164 Å². The van der Waals surface area contributed by atoms with Crippen LogP contribution in [0.25, 0.3) is 99.0 Å². The molecule has 0 spiro atoms. The van der Waals surface area contributed by atoms with Crippen LogP contribution in [0.3, 0.4) is 0 Å². The maximum atomic E-state index is 5.25. The molecule has 3 aromatic heterocycles. The van der Waals surface area contributed by atoms with Gasteiger partial charge >= 0.3 is 0 Å². The summed E-state index contributed by atoms with van der Waals surface area (Å²) in [6.45, 7) is 0. The zero-order chi connectivity index (χ0) is 32.8. The lowest BCUT2D eigenvalue weighted by Crippen LogP contribution is -2.04. The Morgan fingerprint density at radius 3 is 1.40 bits per heavy atom. The number of hydrogen-bond acceptors (Lipinski definition) is 3. The zero-order valence-electron chi connectivity index (χ0n) is 26.8. The predicted molar refractivity (Wildman–Crippen MR) is 206 cm³/mol. The Balaban J connectivity index is 1.12. The molecule has 0 bridgehead atoms. The second kappa shape index (κ2) is 10.3. The minimum Gasteiger partial charge on any atom is -0.309 e. The van der Waals surface area contributed by atoms with E-state index in [9.17, 15) is 0 Å². The van der Waals surface area contributed by atoms with Crippen molar-refractivity contribution in [1.82, 2.24) is 24.3 Å². The van der Waals surface area contributed by atoms with Gasteiger partial charge in [-0.3, -0.25) is 4.57 Å². The molecule has 11 rings (SSSR count). The molecule has 0 aliphatic rings. The van der Waals surface area contributed by atoms with Gasteiger partial charge in [0, 0.05) is 38.0 Å². The maximum absolute atomic E-state index is 5.25. The van der Waals surface area contributed by atoms with Crippen LogP contribution in [-0.2, 0) is 0 Å². The number of aromatic nitrogens is 5. The molecular formula is C45H27N5. The van der Waals surface area contributed by atoms with Crippen molar-refractivity contribution in [3.8, 4) is 22.8 Å². The number of nitrogens with zero attached hydrogens (tertiary/aromatic N) is 5. The first kappa shape index (κ1) is 27.1. The molecule has 0 radical (unpaired) electrons. The summed E-state index contributed by atoms with van der Waals surface area (Å²) in [5.74, 6) is 0.562. The van der Waals surface area contributed by atoms with Gasteiger partial charge in [0.2, 0.25) is 0 Å². The molecule has 50 heavy (non-hydrogen) atoms. The van der Waals surface area contributed by atoms with E-state index in [1.807, 2.05) is 0 Å². The Bertz CT molecular complexity index is 3120. The van der Waals surface area contributed by atoms with E-state index in [0.717, 1.165) is 65.6 Å². The van der Waals surface area contributed by atoms with Gasteiger partial charge < -0.3 is 4.57 Å². The van der Waals surface area contributed by atoms with E-state index in [-0.39, 0.29) is 0 Å². The number of para-hydroxylation sites is 3. The van der Waals surface area contributed by atoms with E-state index < -0.39 is 0 Å². The zero-order valence-corrected chi connectivity index (χ0v) is 26.8. The molecule has 0 aliphatic heterocycles. The molecule has 0 unspecified atom stereocenters. The van der Waals surface area contributed by atoms with Crippen molar-refractivity contribution < 1.29 is 0 Å². The molecule has 0 saturated heterocycles. The van der Waals surface area contributed by atoms with E-state index in [0.29, 0.717) is 5.95 Å². The first-order valence-electron chi connectivity index (χ1n) is 16.9. The molecule has 0 N–H and O–H groups in total. The summed E-state index contributed by atoms with van der Waals surface area (Å²) in [6.07, 6.45) is 0. The van der Waals surface area contributed by atoms with Crippen LogP contribution in [0.1, 0.15) is 0 Å². The first-order valence-corrected chi connectivity index (χ1v) is 16.9. The normalized spacial score (nSPS) is 12.0. The molecule has 0 amide bonds. The van der Waals surface area contributed by atoms with E-state index in [1.165, 1.54) is 27.4 Å². The van der Waals surface area contributed by atoms with Crippen molar-refractivity contribution in [3.63, 3.8) is 0 Å². The lowest BCUT2D eigenvalue weighted by atomic mass is 10.00. The molecule has 0 atom stereocenters. The maximum Gasteiger partial charge on any atom is 0.255 e. The summed E-state index contributed by atoms with van der Waals surface area (Å²) in [5, 5.41) is 18.8. The molecule has 8 aromatic carbocycles. The summed E-state index contributed by atoms with van der Waals surface area (Å²) < 4.78 is 4.51. The fourth-order valence-corrected chi connectivity index (χ4v) is 8.01.